The quantitative estimate of drug-likeness (QED) is 0.237. The van der Waals surface area contributed by atoms with E-state index in [1.807, 2.05) is 0 Å². The van der Waals surface area contributed by atoms with Gasteiger partial charge in [-0.05, 0) is 65.9 Å². The van der Waals surface area contributed by atoms with Gasteiger partial charge in [0.2, 0.25) is 5.91 Å². The average molecular weight is 570 g/mol. The van der Waals surface area contributed by atoms with Crippen LogP contribution >= 0.6 is 11.3 Å². The molecular weight excluding hydrogens is 546 g/mol. The Morgan fingerprint density at radius 2 is 1.95 bits per heavy atom. The summed E-state index contributed by atoms with van der Waals surface area (Å²) in [4.78, 5) is 34.9. The Labute approximate surface area is 230 Å². The van der Waals surface area contributed by atoms with Crippen LogP contribution in [-0.4, -0.2) is 45.9 Å². The van der Waals surface area contributed by atoms with Crippen molar-refractivity contribution >= 4 is 45.1 Å². The zero-order valence-electron chi connectivity index (χ0n) is 20.9. The van der Waals surface area contributed by atoms with Crippen LogP contribution in [0.3, 0.4) is 0 Å². The minimum absolute atomic E-state index is 0.0173. The number of hydrogen-bond acceptors (Lipinski definition) is 6. The van der Waals surface area contributed by atoms with Gasteiger partial charge in [-0.3, -0.25) is 14.6 Å². The van der Waals surface area contributed by atoms with Gasteiger partial charge >= 0.3 is 6.18 Å². The predicted molar refractivity (Wildman–Crippen MR) is 145 cm³/mol. The SMILES string of the molecule is Nc1ccc(/C=C/C(=O)NCc2cc3cc(-c4ccc(C(=O)N5CC[C@H](F)C5)cn4)cc(C(F)(F)F)c3s2)cn1. The van der Waals surface area contributed by atoms with E-state index < -0.39 is 23.8 Å². The van der Waals surface area contributed by atoms with E-state index in [1.165, 1.54) is 35.5 Å². The number of likely N-dealkylation sites (tertiary alicyclic amines) is 1. The molecule has 0 bridgehead atoms. The maximum Gasteiger partial charge on any atom is 0.417 e. The molecule has 1 atom stereocenters. The first-order valence-electron chi connectivity index (χ1n) is 12.3. The molecule has 4 aromatic rings. The number of nitrogens with zero attached hydrogens (tertiary/aromatic N) is 3. The molecule has 0 aliphatic carbocycles. The van der Waals surface area contributed by atoms with Crippen molar-refractivity contribution in [2.75, 3.05) is 18.8 Å². The smallest absolute Gasteiger partial charge is 0.384 e. The molecule has 0 spiro atoms. The van der Waals surface area contributed by atoms with E-state index in [-0.39, 0.29) is 46.9 Å². The van der Waals surface area contributed by atoms with Gasteiger partial charge in [-0.2, -0.15) is 13.2 Å². The summed E-state index contributed by atoms with van der Waals surface area (Å²) in [6.07, 6.45) is 0.260. The van der Waals surface area contributed by atoms with E-state index in [4.69, 9.17) is 5.73 Å². The van der Waals surface area contributed by atoms with Crippen molar-refractivity contribution in [2.24, 2.45) is 0 Å². The molecule has 0 saturated carbocycles. The highest BCUT2D eigenvalue weighted by Gasteiger charge is 2.34. The molecule has 40 heavy (non-hydrogen) atoms. The van der Waals surface area contributed by atoms with Gasteiger partial charge in [0.25, 0.3) is 5.91 Å². The Morgan fingerprint density at radius 1 is 1.12 bits per heavy atom. The van der Waals surface area contributed by atoms with Gasteiger partial charge in [-0.25, -0.2) is 9.37 Å². The van der Waals surface area contributed by atoms with Gasteiger partial charge in [0.05, 0.1) is 29.9 Å². The first-order valence-corrected chi connectivity index (χ1v) is 13.1. The van der Waals surface area contributed by atoms with E-state index in [0.29, 0.717) is 28.2 Å². The molecular formula is C28H23F4N5O2S. The lowest BCUT2D eigenvalue weighted by Gasteiger charge is -2.15. The number of carbonyl (C=O) groups excluding carboxylic acids is 2. The van der Waals surface area contributed by atoms with Crippen LogP contribution in [0.4, 0.5) is 23.4 Å². The van der Waals surface area contributed by atoms with E-state index >= 15 is 0 Å². The van der Waals surface area contributed by atoms with Crippen molar-refractivity contribution in [3.05, 3.63) is 82.5 Å². The topological polar surface area (TPSA) is 101 Å². The number of rotatable bonds is 6. The molecule has 1 aromatic carbocycles. The number of fused-ring (bicyclic) bond motifs is 1. The molecule has 1 aliphatic heterocycles. The van der Waals surface area contributed by atoms with Crippen LogP contribution in [0.2, 0.25) is 0 Å². The lowest BCUT2D eigenvalue weighted by atomic mass is 10.0. The predicted octanol–water partition coefficient (Wildman–Crippen LogP) is 5.47. The van der Waals surface area contributed by atoms with Crippen LogP contribution in [0.5, 0.6) is 0 Å². The van der Waals surface area contributed by atoms with Crippen LogP contribution in [0.15, 0.2) is 60.9 Å². The minimum Gasteiger partial charge on any atom is -0.384 e. The van der Waals surface area contributed by atoms with Gasteiger partial charge < -0.3 is 16.0 Å². The average Bonchev–Trinajstić information content (AvgIpc) is 3.56. The molecule has 7 nitrogen and oxygen atoms in total. The fourth-order valence-corrected chi connectivity index (χ4v) is 5.46. The second kappa shape index (κ2) is 11.0. The van der Waals surface area contributed by atoms with Crippen molar-refractivity contribution in [2.45, 2.75) is 25.3 Å². The number of thiophene rings is 1. The van der Waals surface area contributed by atoms with Gasteiger partial charge in [-0.15, -0.1) is 11.3 Å². The number of pyridine rings is 2. The Balaban J connectivity index is 1.35. The maximum atomic E-state index is 14.0. The van der Waals surface area contributed by atoms with Gasteiger partial charge in [-0.1, -0.05) is 0 Å². The highest BCUT2D eigenvalue weighted by molar-refractivity contribution is 7.19. The number of halogens is 4. The number of nitrogens with two attached hydrogens (primary N) is 1. The first-order chi connectivity index (χ1) is 19.1. The van der Waals surface area contributed by atoms with Crippen LogP contribution in [-0.2, 0) is 17.5 Å². The number of carbonyl (C=O) groups is 2. The molecule has 1 fully saturated rings. The summed E-state index contributed by atoms with van der Waals surface area (Å²) in [5.41, 5.74) is 6.13. The number of aromatic nitrogens is 2. The minimum atomic E-state index is -4.62. The number of alkyl halides is 4. The molecule has 1 saturated heterocycles. The largest absolute Gasteiger partial charge is 0.417 e. The van der Waals surface area contributed by atoms with Crippen LogP contribution in [0.1, 0.15) is 32.8 Å². The van der Waals surface area contributed by atoms with E-state index in [9.17, 15) is 27.2 Å². The van der Waals surface area contributed by atoms with Crippen molar-refractivity contribution in [3.8, 4) is 11.3 Å². The van der Waals surface area contributed by atoms with E-state index in [0.717, 1.165) is 17.4 Å². The second-order valence-electron chi connectivity index (χ2n) is 9.29. The summed E-state index contributed by atoms with van der Waals surface area (Å²) in [6, 6.07) is 10.5. The second-order valence-corrected chi connectivity index (χ2v) is 10.4. The lowest BCUT2D eigenvalue weighted by Crippen LogP contribution is -2.29. The Kier molecular flexibility index (Phi) is 7.53. The van der Waals surface area contributed by atoms with Crippen molar-refractivity contribution in [1.82, 2.24) is 20.2 Å². The normalized spacial score (nSPS) is 15.7. The summed E-state index contributed by atoms with van der Waals surface area (Å²) >= 11 is 0.949. The molecule has 1 aliphatic rings. The third kappa shape index (κ3) is 6.12. The molecule has 5 rings (SSSR count). The van der Waals surface area contributed by atoms with E-state index in [1.54, 1.807) is 30.3 Å². The van der Waals surface area contributed by atoms with Crippen LogP contribution in [0.25, 0.3) is 27.4 Å². The molecule has 3 aromatic heterocycles. The summed E-state index contributed by atoms with van der Waals surface area (Å²) in [5, 5.41) is 3.03. The Morgan fingerprint density at radius 3 is 2.60 bits per heavy atom. The van der Waals surface area contributed by atoms with Gasteiger partial charge in [0.1, 0.15) is 12.0 Å². The molecule has 3 N–H and O–H groups in total. The van der Waals surface area contributed by atoms with Gasteiger partial charge in [0.15, 0.2) is 0 Å². The fourth-order valence-electron chi connectivity index (χ4n) is 4.35. The highest BCUT2D eigenvalue weighted by Crippen LogP contribution is 2.41. The number of benzene rings is 1. The molecule has 0 radical (unpaired) electrons. The standard InChI is InChI=1S/C28H23F4N5O2S/c29-20-7-8-37(15-20)27(39)17-3-4-23(34-13-17)18-9-19-10-21(40-26(19)22(11-18)28(30,31)32)14-36-25(38)6-2-16-1-5-24(33)35-12-16/h1-6,9-13,20H,7-8,14-15H2,(H2,33,35)(H,36,38)/b6-2+/t20-/m0/s1. The van der Waals surface area contributed by atoms with Crippen LogP contribution in [0, 0.1) is 0 Å². The van der Waals surface area contributed by atoms with Crippen molar-refractivity contribution in [3.63, 3.8) is 0 Å². The third-order valence-corrected chi connectivity index (χ3v) is 7.55. The number of anilines is 1. The fraction of sp³-hybridized carbons (Fsp3) is 0.214. The number of nitrogen functional groups attached to an aromatic ring is 1. The Hall–Kier alpha value is -4.32. The molecule has 206 valence electrons. The third-order valence-electron chi connectivity index (χ3n) is 6.37. The number of hydrogen-bond donors (Lipinski definition) is 2. The van der Waals surface area contributed by atoms with Crippen LogP contribution < -0.4 is 11.1 Å². The molecule has 2 amide bonds. The molecule has 0 unspecified atom stereocenters. The molecule has 12 heteroatoms. The number of nitrogens with one attached hydrogen (secondary N) is 1. The summed E-state index contributed by atoms with van der Waals surface area (Å²) < 4.78 is 55.5. The zero-order chi connectivity index (χ0) is 28.4. The highest BCUT2D eigenvalue weighted by atomic mass is 32.1. The first kappa shape index (κ1) is 27.3. The van der Waals surface area contributed by atoms with E-state index in [2.05, 4.69) is 15.3 Å². The van der Waals surface area contributed by atoms with Gasteiger partial charge in [0, 0.05) is 40.2 Å². The zero-order valence-corrected chi connectivity index (χ0v) is 21.7. The number of amides is 2. The molecule has 4 heterocycles. The summed E-state index contributed by atoms with van der Waals surface area (Å²) in [7, 11) is 0. The van der Waals surface area contributed by atoms with Crippen molar-refractivity contribution < 1.29 is 27.2 Å². The summed E-state index contributed by atoms with van der Waals surface area (Å²) in [6.45, 7) is 0.370. The van der Waals surface area contributed by atoms with Crippen molar-refractivity contribution in [1.29, 1.82) is 0 Å². The lowest BCUT2D eigenvalue weighted by molar-refractivity contribution is -0.136. The Bertz CT molecular complexity index is 1580. The summed E-state index contributed by atoms with van der Waals surface area (Å²) in [5.74, 6) is -0.429. The monoisotopic (exact) mass is 569 g/mol. The maximum absolute atomic E-state index is 14.0.